The maximum absolute atomic E-state index is 12.4. The van der Waals surface area contributed by atoms with Crippen molar-refractivity contribution in [3.63, 3.8) is 0 Å². The zero-order valence-corrected chi connectivity index (χ0v) is 10.5. The largest absolute Gasteiger partial charge is 0.480 e. The summed E-state index contributed by atoms with van der Waals surface area (Å²) in [5.41, 5.74) is -0.922. The van der Waals surface area contributed by atoms with Gasteiger partial charge in [-0.05, 0) is 20.8 Å². The van der Waals surface area contributed by atoms with Gasteiger partial charge in [0.1, 0.15) is 11.6 Å². The second kappa shape index (κ2) is 5.45. The normalized spacial score (nSPS) is 15.7. The molecule has 1 unspecified atom stereocenters. The van der Waals surface area contributed by atoms with Gasteiger partial charge >= 0.3 is 18.2 Å². The molecule has 0 aromatic heterocycles. The Bertz CT molecular complexity index is 322. The van der Waals surface area contributed by atoms with Crippen molar-refractivity contribution in [1.82, 2.24) is 5.32 Å². The highest BCUT2D eigenvalue weighted by Crippen LogP contribution is 2.28. The Labute approximate surface area is 102 Å². The van der Waals surface area contributed by atoms with Crippen molar-refractivity contribution in [2.75, 3.05) is 0 Å². The monoisotopic (exact) mass is 271 g/mol. The van der Waals surface area contributed by atoms with Crippen molar-refractivity contribution < 1.29 is 32.6 Å². The Balaban J connectivity index is 4.76. The molecule has 0 saturated carbocycles. The van der Waals surface area contributed by atoms with Gasteiger partial charge in [-0.2, -0.15) is 13.2 Å². The standard InChI is InChI=1S/C10H16F3NO4/c1-5(10(11,12)13)6(7(15)16)14-8(17)18-9(2,3)4/h5-6H,1-4H3,(H,14,17)(H,15,16)/t5?,6-/m1/s1. The number of carbonyl (C=O) groups excluding carboxylic acids is 1. The minimum Gasteiger partial charge on any atom is -0.480 e. The molecule has 106 valence electrons. The lowest BCUT2D eigenvalue weighted by Gasteiger charge is -2.25. The molecule has 0 spiro atoms. The Morgan fingerprint density at radius 3 is 1.94 bits per heavy atom. The van der Waals surface area contributed by atoms with Crippen LogP contribution in [0.5, 0.6) is 0 Å². The van der Waals surface area contributed by atoms with Gasteiger partial charge in [0, 0.05) is 0 Å². The van der Waals surface area contributed by atoms with Gasteiger partial charge in [-0.1, -0.05) is 6.92 Å². The number of rotatable bonds is 3. The maximum Gasteiger partial charge on any atom is 0.408 e. The average molecular weight is 271 g/mol. The summed E-state index contributed by atoms with van der Waals surface area (Å²) in [6.07, 6.45) is -5.93. The van der Waals surface area contributed by atoms with E-state index in [-0.39, 0.29) is 0 Å². The SMILES string of the molecule is CC([C@@H](NC(=O)OC(C)(C)C)C(=O)O)C(F)(F)F. The number of alkyl carbamates (subject to hydrolysis) is 1. The summed E-state index contributed by atoms with van der Waals surface area (Å²) >= 11 is 0. The van der Waals surface area contributed by atoms with Crippen LogP contribution in [0, 0.1) is 5.92 Å². The predicted octanol–water partition coefficient (Wildman–Crippen LogP) is 2.16. The third-order valence-corrected chi connectivity index (χ3v) is 1.95. The number of halogens is 3. The van der Waals surface area contributed by atoms with E-state index in [1.807, 2.05) is 0 Å². The Morgan fingerprint density at radius 1 is 1.22 bits per heavy atom. The molecule has 18 heavy (non-hydrogen) atoms. The molecular formula is C10H16F3NO4. The lowest BCUT2D eigenvalue weighted by Crippen LogP contribution is -2.50. The summed E-state index contributed by atoms with van der Waals surface area (Å²) in [7, 11) is 0. The molecule has 0 aliphatic rings. The zero-order valence-electron chi connectivity index (χ0n) is 10.5. The van der Waals surface area contributed by atoms with Crippen molar-refractivity contribution in [2.45, 2.75) is 45.5 Å². The van der Waals surface area contributed by atoms with Crippen LogP contribution in [-0.2, 0) is 9.53 Å². The molecule has 0 aromatic rings. The van der Waals surface area contributed by atoms with Crippen LogP contribution in [0.3, 0.4) is 0 Å². The minimum atomic E-state index is -4.72. The van der Waals surface area contributed by atoms with Crippen molar-refractivity contribution in [2.24, 2.45) is 5.92 Å². The van der Waals surface area contributed by atoms with Crippen LogP contribution >= 0.6 is 0 Å². The van der Waals surface area contributed by atoms with Gasteiger partial charge in [0.2, 0.25) is 0 Å². The van der Waals surface area contributed by atoms with E-state index in [1.165, 1.54) is 20.8 Å². The molecule has 0 bridgehead atoms. The quantitative estimate of drug-likeness (QED) is 0.824. The molecule has 0 aliphatic heterocycles. The number of ether oxygens (including phenoxy) is 1. The van der Waals surface area contributed by atoms with E-state index in [2.05, 4.69) is 0 Å². The van der Waals surface area contributed by atoms with Crippen molar-refractivity contribution in [1.29, 1.82) is 0 Å². The van der Waals surface area contributed by atoms with E-state index in [4.69, 9.17) is 9.84 Å². The Kier molecular flexibility index (Phi) is 5.00. The molecule has 0 rings (SSSR count). The number of amides is 1. The van der Waals surface area contributed by atoms with E-state index in [9.17, 15) is 22.8 Å². The van der Waals surface area contributed by atoms with E-state index >= 15 is 0 Å². The van der Waals surface area contributed by atoms with Gasteiger partial charge in [0.25, 0.3) is 0 Å². The summed E-state index contributed by atoms with van der Waals surface area (Å²) in [5.74, 6) is -3.99. The van der Waals surface area contributed by atoms with Crippen LogP contribution in [0.1, 0.15) is 27.7 Å². The first-order chi connectivity index (χ1) is 7.84. The number of hydrogen-bond donors (Lipinski definition) is 2. The average Bonchev–Trinajstić information content (AvgIpc) is 2.08. The first-order valence-electron chi connectivity index (χ1n) is 5.13. The summed E-state index contributed by atoms with van der Waals surface area (Å²) in [6, 6.07) is -2.08. The maximum atomic E-state index is 12.4. The summed E-state index contributed by atoms with van der Waals surface area (Å²) in [4.78, 5) is 22.0. The van der Waals surface area contributed by atoms with E-state index < -0.39 is 35.8 Å². The van der Waals surface area contributed by atoms with Crippen molar-refractivity contribution >= 4 is 12.1 Å². The first kappa shape index (κ1) is 16.5. The lowest BCUT2D eigenvalue weighted by molar-refractivity contribution is -0.184. The highest BCUT2D eigenvalue weighted by Gasteiger charge is 2.45. The van der Waals surface area contributed by atoms with E-state index in [0.29, 0.717) is 6.92 Å². The first-order valence-corrected chi connectivity index (χ1v) is 5.13. The number of nitrogens with one attached hydrogen (secondary N) is 1. The third-order valence-electron chi connectivity index (χ3n) is 1.95. The number of carboxylic acids is 1. The number of carboxylic acid groups (broad SMARTS) is 1. The van der Waals surface area contributed by atoms with Crippen LogP contribution in [0.15, 0.2) is 0 Å². The van der Waals surface area contributed by atoms with Crippen LogP contribution < -0.4 is 5.32 Å². The fraction of sp³-hybridized carbons (Fsp3) is 0.800. The molecule has 0 saturated heterocycles. The number of aliphatic carboxylic acids is 1. The topological polar surface area (TPSA) is 75.6 Å². The second-order valence-electron chi connectivity index (χ2n) is 4.79. The number of hydrogen-bond acceptors (Lipinski definition) is 3. The predicted molar refractivity (Wildman–Crippen MR) is 56.0 cm³/mol. The molecule has 0 radical (unpaired) electrons. The van der Waals surface area contributed by atoms with Gasteiger partial charge in [-0.15, -0.1) is 0 Å². The highest BCUT2D eigenvalue weighted by molar-refractivity contribution is 5.80. The van der Waals surface area contributed by atoms with Crippen molar-refractivity contribution in [3.8, 4) is 0 Å². The minimum absolute atomic E-state index is 0.677. The van der Waals surface area contributed by atoms with E-state index in [0.717, 1.165) is 0 Å². The molecule has 8 heteroatoms. The summed E-state index contributed by atoms with van der Waals surface area (Å²) < 4.78 is 41.9. The smallest absolute Gasteiger partial charge is 0.408 e. The Morgan fingerprint density at radius 2 is 1.67 bits per heavy atom. The molecule has 0 aromatic carbocycles. The zero-order chi connectivity index (χ0) is 14.7. The molecule has 0 heterocycles. The molecule has 1 amide bonds. The number of carbonyl (C=O) groups is 2. The third kappa shape index (κ3) is 5.74. The van der Waals surface area contributed by atoms with Gasteiger partial charge in [-0.25, -0.2) is 9.59 Å². The molecule has 2 N–H and O–H groups in total. The van der Waals surface area contributed by atoms with Crippen molar-refractivity contribution in [3.05, 3.63) is 0 Å². The molecule has 2 atom stereocenters. The summed E-state index contributed by atoms with van der Waals surface area (Å²) in [5, 5.41) is 10.4. The van der Waals surface area contributed by atoms with Crippen LogP contribution in [0.2, 0.25) is 0 Å². The summed E-state index contributed by atoms with van der Waals surface area (Å²) in [6.45, 7) is 5.21. The molecule has 0 fully saturated rings. The second-order valence-corrected chi connectivity index (χ2v) is 4.79. The molecule has 5 nitrogen and oxygen atoms in total. The lowest BCUT2D eigenvalue weighted by atomic mass is 10.0. The Hall–Kier alpha value is -1.47. The van der Waals surface area contributed by atoms with Gasteiger partial charge in [0.15, 0.2) is 0 Å². The van der Waals surface area contributed by atoms with Gasteiger partial charge in [-0.3, -0.25) is 0 Å². The van der Waals surface area contributed by atoms with Crippen LogP contribution in [0.4, 0.5) is 18.0 Å². The molecule has 0 aliphatic carbocycles. The van der Waals surface area contributed by atoms with Gasteiger partial charge in [0.05, 0.1) is 5.92 Å². The van der Waals surface area contributed by atoms with Gasteiger partial charge < -0.3 is 15.2 Å². The number of alkyl halides is 3. The van der Waals surface area contributed by atoms with E-state index in [1.54, 1.807) is 5.32 Å². The molecular weight excluding hydrogens is 255 g/mol. The fourth-order valence-electron chi connectivity index (χ4n) is 1.02. The van der Waals surface area contributed by atoms with Crippen LogP contribution in [-0.4, -0.2) is 35.0 Å². The highest BCUT2D eigenvalue weighted by atomic mass is 19.4. The van der Waals surface area contributed by atoms with Crippen LogP contribution in [0.25, 0.3) is 0 Å². The fourth-order valence-corrected chi connectivity index (χ4v) is 1.02.